The molecule has 0 saturated heterocycles. The zero-order valence-corrected chi connectivity index (χ0v) is 12.4. The van der Waals surface area contributed by atoms with Gasteiger partial charge in [0, 0.05) is 6.54 Å². The van der Waals surface area contributed by atoms with E-state index in [2.05, 4.69) is 42.6 Å². The molecule has 0 saturated carbocycles. The first-order valence-corrected chi connectivity index (χ1v) is 7.97. The van der Waals surface area contributed by atoms with E-state index in [0.29, 0.717) is 0 Å². The lowest BCUT2D eigenvalue weighted by atomic mass is 10.1. The van der Waals surface area contributed by atoms with Crippen molar-refractivity contribution < 1.29 is 0 Å². The van der Waals surface area contributed by atoms with Gasteiger partial charge in [0.2, 0.25) is 0 Å². The molecule has 1 nitrogen and oxygen atoms in total. The molecule has 1 aromatic carbocycles. The average Bonchev–Trinajstić information content (AvgIpc) is 2.46. The fourth-order valence-corrected chi connectivity index (χ4v) is 2.32. The molecule has 0 heterocycles. The topological polar surface area (TPSA) is 12.0 Å². The molecule has 0 aromatic heterocycles. The number of hydrogen-bond acceptors (Lipinski definition) is 1. The van der Waals surface area contributed by atoms with Crippen molar-refractivity contribution in [3.05, 3.63) is 42.8 Å². The minimum absolute atomic E-state index is 1.01. The Hall–Kier alpha value is -0.820. The van der Waals surface area contributed by atoms with Crippen LogP contribution in [0.3, 0.4) is 0 Å². The molecule has 1 aromatic rings. The van der Waals surface area contributed by atoms with E-state index in [0.717, 1.165) is 19.5 Å². The molecular weight excluding hydrogens is 230 g/mol. The predicted molar refractivity (Wildman–Crippen MR) is 85.1 cm³/mol. The summed E-state index contributed by atoms with van der Waals surface area (Å²) in [4.78, 5) is 0. The van der Waals surface area contributed by atoms with Crippen molar-refractivity contribution in [2.24, 2.45) is 0 Å². The summed E-state index contributed by atoms with van der Waals surface area (Å²) in [6.45, 7) is 6.03. The maximum Gasteiger partial charge on any atom is 0.0205 e. The van der Waals surface area contributed by atoms with Crippen LogP contribution in [0.1, 0.15) is 63.4 Å². The van der Waals surface area contributed by atoms with Gasteiger partial charge in [-0.2, -0.15) is 0 Å². The molecule has 0 spiro atoms. The van der Waals surface area contributed by atoms with Gasteiger partial charge >= 0.3 is 0 Å². The van der Waals surface area contributed by atoms with Crippen LogP contribution in [0.15, 0.2) is 30.3 Å². The van der Waals surface area contributed by atoms with Crippen LogP contribution in [0.4, 0.5) is 0 Å². The van der Waals surface area contributed by atoms with E-state index in [1.54, 1.807) is 0 Å². The van der Waals surface area contributed by atoms with Gasteiger partial charge in [-0.15, -0.1) is 0 Å². The zero-order valence-electron chi connectivity index (χ0n) is 12.4. The van der Waals surface area contributed by atoms with E-state index in [1.165, 1.54) is 56.9 Å². The summed E-state index contributed by atoms with van der Waals surface area (Å²) >= 11 is 0. The average molecular weight is 260 g/mol. The zero-order chi connectivity index (χ0) is 13.6. The molecule has 107 valence electrons. The third-order valence-electron chi connectivity index (χ3n) is 3.53. The van der Waals surface area contributed by atoms with E-state index in [4.69, 9.17) is 0 Å². The smallest absolute Gasteiger partial charge is 0.0205 e. The van der Waals surface area contributed by atoms with Gasteiger partial charge in [-0.25, -0.2) is 0 Å². The molecular formula is C18H30N. The van der Waals surface area contributed by atoms with Crippen molar-refractivity contribution in [2.75, 3.05) is 6.54 Å². The summed E-state index contributed by atoms with van der Waals surface area (Å²) < 4.78 is 0. The highest BCUT2D eigenvalue weighted by Crippen LogP contribution is 2.09. The van der Waals surface area contributed by atoms with Gasteiger partial charge in [0.15, 0.2) is 0 Å². The van der Waals surface area contributed by atoms with E-state index in [-0.39, 0.29) is 0 Å². The predicted octanol–water partition coefficient (Wildman–Crippen LogP) is 5.12. The minimum Gasteiger partial charge on any atom is -0.313 e. The lowest BCUT2D eigenvalue weighted by molar-refractivity contribution is 0.551. The Labute approximate surface area is 119 Å². The SMILES string of the molecule is [CH2]CCCCCCCCCCNCc1ccccc1. The van der Waals surface area contributed by atoms with E-state index < -0.39 is 0 Å². The highest BCUT2D eigenvalue weighted by molar-refractivity contribution is 5.14. The Morgan fingerprint density at radius 3 is 1.95 bits per heavy atom. The molecule has 1 radical (unpaired) electrons. The fourth-order valence-electron chi connectivity index (χ4n) is 2.32. The first-order valence-electron chi connectivity index (χ1n) is 7.97. The Kier molecular flexibility index (Phi) is 10.4. The molecule has 0 fully saturated rings. The Balaban J connectivity index is 1.79. The summed E-state index contributed by atoms with van der Waals surface area (Å²) in [6.07, 6.45) is 12.1. The largest absolute Gasteiger partial charge is 0.313 e. The first-order chi connectivity index (χ1) is 9.43. The van der Waals surface area contributed by atoms with Gasteiger partial charge in [0.1, 0.15) is 0 Å². The second kappa shape index (κ2) is 12.2. The molecule has 0 atom stereocenters. The van der Waals surface area contributed by atoms with E-state index in [9.17, 15) is 0 Å². The summed E-state index contributed by atoms with van der Waals surface area (Å²) in [7, 11) is 0. The molecule has 0 unspecified atom stereocenters. The Morgan fingerprint density at radius 2 is 1.32 bits per heavy atom. The van der Waals surface area contributed by atoms with Crippen molar-refractivity contribution in [3.63, 3.8) is 0 Å². The highest BCUT2D eigenvalue weighted by atomic mass is 14.8. The molecule has 0 aliphatic rings. The monoisotopic (exact) mass is 260 g/mol. The van der Waals surface area contributed by atoms with Crippen LogP contribution in [-0.4, -0.2) is 6.54 Å². The molecule has 1 N–H and O–H groups in total. The van der Waals surface area contributed by atoms with Gasteiger partial charge in [-0.05, 0) is 18.5 Å². The normalized spacial score (nSPS) is 10.8. The first kappa shape index (κ1) is 16.2. The number of benzene rings is 1. The van der Waals surface area contributed by atoms with Crippen LogP contribution in [0, 0.1) is 6.92 Å². The number of hydrogen-bond donors (Lipinski definition) is 1. The van der Waals surface area contributed by atoms with Gasteiger partial charge in [-0.1, -0.05) is 88.6 Å². The Morgan fingerprint density at radius 1 is 0.737 bits per heavy atom. The molecule has 0 aliphatic carbocycles. The summed E-state index contributed by atoms with van der Waals surface area (Å²) in [5.41, 5.74) is 1.38. The molecule has 0 bridgehead atoms. The van der Waals surface area contributed by atoms with Gasteiger partial charge in [-0.3, -0.25) is 0 Å². The van der Waals surface area contributed by atoms with Crippen LogP contribution in [0.5, 0.6) is 0 Å². The molecule has 1 heteroatoms. The van der Waals surface area contributed by atoms with Crippen molar-refractivity contribution >= 4 is 0 Å². The maximum absolute atomic E-state index is 3.88. The lowest BCUT2D eigenvalue weighted by Gasteiger charge is -2.05. The third-order valence-corrected chi connectivity index (χ3v) is 3.53. The van der Waals surface area contributed by atoms with Gasteiger partial charge in [0.05, 0.1) is 0 Å². The van der Waals surface area contributed by atoms with Crippen LogP contribution in [-0.2, 0) is 6.54 Å². The van der Waals surface area contributed by atoms with Gasteiger partial charge in [0.25, 0.3) is 0 Å². The lowest BCUT2D eigenvalue weighted by Crippen LogP contribution is -2.14. The second-order valence-electron chi connectivity index (χ2n) is 5.34. The quantitative estimate of drug-likeness (QED) is 0.514. The van der Waals surface area contributed by atoms with Crippen molar-refractivity contribution in [1.82, 2.24) is 5.32 Å². The fraction of sp³-hybridized carbons (Fsp3) is 0.611. The second-order valence-corrected chi connectivity index (χ2v) is 5.34. The minimum atomic E-state index is 1.01. The van der Waals surface area contributed by atoms with E-state index in [1.807, 2.05) is 0 Å². The summed E-state index contributed by atoms with van der Waals surface area (Å²) in [5.74, 6) is 0. The standard InChI is InChI=1S/C18H30N/c1-2-3-4-5-6-7-8-9-13-16-19-17-18-14-11-10-12-15-18/h10-12,14-15,19H,1-9,13,16-17H2. The Bertz CT molecular complexity index is 281. The van der Waals surface area contributed by atoms with Crippen LogP contribution in [0.25, 0.3) is 0 Å². The van der Waals surface area contributed by atoms with Crippen LogP contribution < -0.4 is 5.32 Å². The molecule has 1 rings (SSSR count). The van der Waals surface area contributed by atoms with Gasteiger partial charge < -0.3 is 5.32 Å². The third kappa shape index (κ3) is 9.72. The molecule has 19 heavy (non-hydrogen) atoms. The summed E-state index contributed by atoms with van der Waals surface area (Å²) in [6, 6.07) is 10.6. The number of unbranched alkanes of at least 4 members (excludes halogenated alkanes) is 8. The van der Waals surface area contributed by atoms with Crippen LogP contribution >= 0.6 is 0 Å². The number of rotatable bonds is 12. The van der Waals surface area contributed by atoms with Crippen LogP contribution in [0.2, 0.25) is 0 Å². The molecule has 0 aliphatic heterocycles. The van der Waals surface area contributed by atoms with Crippen molar-refractivity contribution in [2.45, 2.75) is 64.3 Å². The maximum atomic E-state index is 3.88. The van der Waals surface area contributed by atoms with Crippen molar-refractivity contribution in [1.29, 1.82) is 0 Å². The highest BCUT2D eigenvalue weighted by Gasteiger charge is 1.93. The summed E-state index contributed by atoms with van der Waals surface area (Å²) in [5, 5.41) is 3.51. The van der Waals surface area contributed by atoms with E-state index >= 15 is 0 Å². The number of nitrogens with one attached hydrogen (secondary N) is 1. The van der Waals surface area contributed by atoms with Crippen molar-refractivity contribution in [3.8, 4) is 0 Å². The molecule has 0 amide bonds.